The van der Waals surface area contributed by atoms with E-state index in [1.54, 1.807) is 0 Å². The minimum atomic E-state index is -0.192. The SMILES string of the molecule is CCC(Cl)Nc1c(C(=N)c2cccc(-c3ccccc3)c2)ccc2ccccc12. The Balaban J connectivity index is 1.80. The van der Waals surface area contributed by atoms with Crippen LogP contribution in [0.2, 0.25) is 0 Å². The Kier molecular flexibility index (Phi) is 5.64. The molecule has 0 spiro atoms. The van der Waals surface area contributed by atoms with Gasteiger partial charge in [0.1, 0.15) is 5.50 Å². The fraction of sp³-hybridized carbons (Fsp3) is 0.115. The van der Waals surface area contributed by atoms with Crippen LogP contribution < -0.4 is 5.32 Å². The molecule has 4 aromatic rings. The molecule has 4 aromatic carbocycles. The molecular formula is C26H23ClN2. The number of anilines is 1. The number of nitrogens with one attached hydrogen (secondary N) is 2. The highest BCUT2D eigenvalue weighted by atomic mass is 35.5. The average Bonchev–Trinajstić information content (AvgIpc) is 2.79. The van der Waals surface area contributed by atoms with Gasteiger partial charge < -0.3 is 5.32 Å². The molecule has 0 saturated heterocycles. The lowest BCUT2D eigenvalue weighted by Gasteiger charge is -2.19. The van der Waals surface area contributed by atoms with Crippen LogP contribution in [-0.2, 0) is 0 Å². The molecule has 0 bridgehead atoms. The van der Waals surface area contributed by atoms with Crippen LogP contribution in [0, 0.1) is 5.41 Å². The summed E-state index contributed by atoms with van der Waals surface area (Å²) in [6.07, 6.45) is 0.793. The Hall–Kier alpha value is -3.10. The van der Waals surface area contributed by atoms with Crippen LogP contribution in [0.25, 0.3) is 21.9 Å². The van der Waals surface area contributed by atoms with Crippen molar-refractivity contribution in [2.24, 2.45) is 0 Å². The molecule has 0 fully saturated rings. The van der Waals surface area contributed by atoms with Crippen LogP contribution in [0.3, 0.4) is 0 Å². The van der Waals surface area contributed by atoms with E-state index in [0.29, 0.717) is 5.71 Å². The van der Waals surface area contributed by atoms with Gasteiger partial charge in [-0.05, 0) is 29.0 Å². The van der Waals surface area contributed by atoms with Crippen molar-refractivity contribution in [3.05, 3.63) is 102 Å². The number of hydrogen-bond acceptors (Lipinski definition) is 2. The van der Waals surface area contributed by atoms with Gasteiger partial charge in [-0.1, -0.05) is 103 Å². The van der Waals surface area contributed by atoms with Crippen molar-refractivity contribution < 1.29 is 0 Å². The van der Waals surface area contributed by atoms with Gasteiger partial charge in [0.2, 0.25) is 0 Å². The predicted molar refractivity (Wildman–Crippen MR) is 125 cm³/mol. The summed E-state index contributed by atoms with van der Waals surface area (Å²) in [6.45, 7) is 2.05. The fourth-order valence-corrected chi connectivity index (χ4v) is 3.64. The van der Waals surface area contributed by atoms with E-state index < -0.39 is 0 Å². The zero-order chi connectivity index (χ0) is 20.2. The lowest BCUT2D eigenvalue weighted by atomic mass is 9.94. The molecule has 0 aliphatic heterocycles. The van der Waals surface area contributed by atoms with Crippen molar-refractivity contribution in [3.8, 4) is 11.1 Å². The molecule has 144 valence electrons. The van der Waals surface area contributed by atoms with Crippen LogP contribution in [0.4, 0.5) is 5.69 Å². The van der Waals surface area contributed by atoms with Crippen LogP contribution in [0.15, 0.2) is 91.0 Å². The number of hydrogen-bond donors (Lipinski definition) is 2. The number of rotatable bonds is 6. The summed E-state index contributed by atoms with van der Waals surface area (Å²) in [7, 11) is 0. The third-order valence-corrected chi connectivity index (χ3v) is 5.53. The van der Waals surface area contributed by atoms with Gasteiger partial charge in [-0.15, -0.1) is 0 Å². The molecule has 2 N–H and O–H groups in total. The maximum absolute atomic E-state index is 8.96. The van der Waals surface area contributed by atoms with Gasteiger partial charge in [0.25, 0.3) is 0 Å². The number of fused-ring (bicyclic) bond motifs is 1. The monoisotopic (exact) mass is 398 g/mol. The third kappa shape index (κ3) is 4.03. The predicted octanol–water partition coefficient (Wildman–Crippen LogP) is 7.31. The van der Waals surface area contributed by atoms with Gasteiger partial charge in [-0.2, -0.15) is 0 Å². The van der Waals surface area contributed by atoms with E-state index in [-0.39, 0.29) is 5.50 Å². The van der Waals surface area contributed by atoms with Gasteiger partial charge in [-0.25, -0.2) is 0 Å². The van der Waals surface area contributed by atoms with E-state index in [1.807, 2.05) is 55.5 Å². The normalized spacial score (nSPS) is 11.9. The van der Waals surface area contributed by atoms with Gasteiger partial charge >= 0.3 is 0 Å². The average molecular weight is 399 g/mol. The molecule has 1 atom stereocenters. The van der Waals surface area contributed by atoms with E-state index >= 15 is 0 Å². The van der Waals surface area contributed by atoms with Crippen molar-refractivity contribution in [2.75, 3.05) is 5.32 Å². The minimum absolute atomic E-state index is 0.192. The molecule has 3 heteroatoms. The molecule has 29 heavy (non-hydrogen) atoms. The molecule has 4 rings (SSSR count). The van der Waals surface area contributed by atoms with Crippen molar-refractivity contribution in [3.63, 3.8) is 0 Å². The number of halogens is 1. The fourth-order valence-electron chi connectivity index (χ4n) is 3.53. The first-order chi connectivity index (χ1) is 14.2. The highest BCUT2D eigenvalue weighted by Crippen LogP contribution is 2.31. The van der Waals surface area contributed by atoms with E-state index in [9.17, 15) is 0 Å². The van der Waals surface area contributed by atoms with Gasteiger partial charge in [0.15, 0.2) is 0 Å². The molecule has 0 aliphatic carbocycles. The quantitative estimate of drug-likeness (QED) is 0.199. The molecule has 2 nitrogen and oxygen atoms in total. The number of benzene rings is 4. The maximum atomic E-state index is 8.96. The van der Waals surface area contributed by atoms with Crippen molar-refractivity contribution in [2.45, 2.75) is 18.8 Å². The van der Waals surface area contributed by atoms with Crippen LogP contribution in [0.1, 0.15) is 24.5 Å². The molecule has 1 unspecified atom stereocenters. The summed E-state index contributed by atoms with van der Waals surface area (Å²) in [5, 5.41) is 14.6. The van der Waals surface area contributed by atoms with Crippen molar-refractivity contribution in [1.82, 2.24) is 0 Å². The molecule has 0 aromatic heterocycles. The summed E-state index contributed by atoms with van der Waals surface area (Å²) in [5.74, 6) is 0. The Morgan fingerprint density at radius 3 is 2.38 bits per heavy atom. The molecule has 0 amide bonds. The van der Waals surface area contributed by atoms with E-state index in [2.05, 4.69) is 47.8 Å². The summed E-state index contributed by atoms with van der Waals surface area (Å²) < 4.78 is 0. The molecule has 0 radical (unpaired) electrons. The van der Waals surface area contributed by atoms with Crippen LogP contribution >= 0.6 is 11.6 Å². The largest absolute Gasteiger partial charge is 0.368 e. The zero-order valence-electron chi connectivity index (χ0n) is 16.3. The smallest absolute Gasteiger partial charge is 0.101 e. The first-order valence-corrected chi connectivity index (χ1v) is 10.3. The summed E-state index contributed by atoms with van der Waals surface area (Å²) in [5.41, 5.74) is 5.19. The molecule has 0 saturated carbocycles. The Labute approximate surface area is 176 Å². The van der Waals surface area contributed by atoms with Gasteiger partial charge in [0, 0.05) is 16.5 Å². The standard InChI is InChI=1S/C26H23ClN2/c1-2-24(27)29-26-22-14-7-6-11-19(22)15-16-23(26)25(28)21-13-8-12-20(17-21)18-9-4-3-5-10-18/h3-17,24,28-29H,2H2,1H3. The molecule has 0 aliphatic rings. The maximum Gasteiger partial charge on any atom is 0.101 e. The van der Waals surface area contributed by atoms with E-state index in [1.165, 1.54) is 0 Å². The Morgan fingerprint density at radius 1 is 0.862 bits per heavy atom. The van der Waals surface area contributed by atoms with Gasteiger partial charge in [-0.3, -0.25) is 5.41 Å². The summed E-state index contributed by atoms with van der Waals surface area (Å²) in [6, 6.07) is 30.7. The zero-order valence-corrected chi connectivity index (χ0v) is 17.1. The topological polar surface area (TPSA) is 35.9 Å². The molecular weight excluding hydrogens is 376 g/mol. The van der Waals surface area contributed by atoms with E-state index in [4.69, 9.17) is 17.0 Å². The van der Waals surface area contributed by atoms with Crippen molar-refractivity contribution >= 4 is 33.8 Å². The van der Waals surface area contributed by atoms with E-state index in [0.717, 1.165) is 45.1 Å². The Bertz CT molecular complexity index is 1150. The first kappa shape index (κ1) is 19.2. The summed E-state index contributed by atoms with van der Waals surface area (Å²) in [4.78, 5) is 0. The highest BCUT2D eigenvalue weighted by Gasteiger charge is 2.15. The van der Waals surface area contributed by atoms with Crippen LogP contribution in [-0.4, -0.2) is 11.2 Å². The van der Waals surface area contributed by atoms with Crippen molar-refractivity contribution in [1.29, 1.82) is 5.41 Å². The van der Waals surface area contributed by atoms with Crippen LogP contribution in [0.5, 0.6) is 0 Å². The second-order valence-corrected chi connectivity index (χ2v) is 7.58. The lowest BCUT2D eigenvalue weighted by molar-refractivity contribution is 0.909. The first-order valence-electron chi connectivity index (χ1n) is 9.84. The highest BCUT2D eigenvalue weighted by molar-refractivity contribution is 6.23. The minimum Gasteiger partial charge on any atom is -0.368 e. The lowest BCUT2D eigenvalue weighted by Crippen LogP contribution is -2.15. The van der Waals surface area contributed by atoms with Gasteiger partial charge in [0.05, 0.1) is 11.4 Å². The number of alkyl halides is 1. The third-order valence-electron chi connectivity index (χ3n) is 5.12. The molecule has 0 heterocycles. The second kappa shape index (κ2) is 8.50. The summed E-state index contributed by atoms with van der Waals surface area (Å²) >= 11 is 6.45. The second-order valence-electron chi connectivity index (χ2n) is 7.05. The Morgan fingerprint density at radius 2 is 1.59 bits per heavy atom.